The normalized spacial score (nSPS) is 11.9. The highest BCUT2D eigenvalue weighted by molar-refractivity contribution is 7.92. The van der Waals surface area contributed by atoms with E-state index in [1.807, 2.05) is 43.3 Å². The largest absolute Gasteiger partial charge is 0.455 e. The number of anilines is 1. The molecule has 0 aliphatic rings. The first-order chi connectivity index (χ1) is 22.0. The lowest BCUT2D eigenvalue weighted by atomic mass is 9.97. The minimum atomic E-state index is -3.76. The van der Waals surface area contributed by atoms with Gasteiger partial charge in [-0.05, 0) is 87.2 Å². The summed E-state index contributed by atoms with van der Waals surface area (Å²) < 4.78 is 54.1. The molecule has 0 aliphatic carbocycles. The van der Waals surface area contributed by atoms with Gasteiger partial charge in [0.05, 0.1) is 17.5 Å². The quantitative estimate of drug-likeness (QED) is 0.188. The zero-order valence-electron chi connectivity index (χ0n) is 25.7. The molecule has 1 N–H and O–H groups in total. The Morgan fingerprint density at radius 1 is 0.913 bits per heavy atom. The number of sulfonamides is 1. The van der Waals surface area contributed by atoms with Crippen LogP contribution in [0.25, 0.3) is 56.1 Å². The lowest BCUT2D eigenvalue weighted by Gasteiger charge is -2.26. The monoisotopic (exact) mass is 641 g/mol. The van der Waals surface area contributed by atoms with Gasteiger partial charge in [-0.15, -0.1) is 0 Å². The van der Waals surface area contributed by atoms with E-state index in [0.717, 1.165) is 0 Å². The molecule has 12 heteroatoms. The van der Waals surface area contributed by atoms with E-state index in [4.69, 9.17) is 8.83 Å². The van der Waals surface area contributed by atoms with Crippen LogP contribution in [0.2, 0.25) is 0 Å². The molecule has 3 heterocycles. The standard InChI is InChI=1S/C34H32FN5O5S/c1-36-33(41)30-26-19-25(22-8-5-9-23(18-22)34-38-32-28(45-34)10-6-15-37-32)27(40(46(4,42)43)17-7-16-39(2)3)20-29(26)44-31(30)21-11-13-24(35)14-12-21/h5-6,8-15,18-20H,7,16-17H2,1-4H3,(H,36,41). The SMILES string of the molecule is CNC(=O)c1c(-c2ccc(F)cc2)oc2cc(N(CCCN(C)C)S(C)(=O)=O)c(-c3cccc(-c4nc5ncccc5o4)c3)cc12. The van der Waals surface area contributed by atoms with Crippen molar-refractivity contribution >= 4 is 43.8 Å². The molecule has 3 aromatic carbocycles. The molecule has 0 aliphatic heterocycles. The van der Waals surface area contributed by atoms with Gasteiger partial charge in [0.1, 0.15) is 17.2 Å². The maximum Gasteiger partial charge on any atom is 0.255 e. The Kier molecular flexibility index (Phi) is 8.32. The van der Waals surface area contributed by atoms with Crippen molar-refractivity contribution in [1.29, 1.82) is 0 Å². The molecule has 10 nitrogen and oxygen atoms in total. The molecule has 0 unspecified atom stereocenters. The third-order valence-corrected chi connectivity index (χ3v) is 8.77. The minimum absolute atomic E-state index is 0.208. The molecule has 0 fully saturated rings. The number of hydrogen-bond acceptors (Lipinski definition) is 8. The smallest absolute Gasteiger partial charge is 0.255 e. The molecule has 0 atom stereocenters. The van der Waals surface area contributed by atoms with Gasteiger partial charge in [0.25, 0.3) is 5.91 Å². The number of amides is 1. The summed E-state index contributed by atoms with van der Waals surface area (Å²) in [4.78, 5) is 24.1. The lowest BCUT2D eigenvalue weighted by molar-refractivity contribution is 0.0964. The molecule has 6 aromatic rings. The van der Waals surface area contributed by atoms with Crippen LogP contribution in [-0.2, 0) is 10.0 Å². The molecular weight excluding hydrogens is 609 g/mol. The van der Waals surface area contributed by atoms with E-state index in [1.165, 1.54) is 41.9 Å². The van der Waals surface area contributed by atoms with E-state index in [2.05, 4.69) is 15.3 Å². The predicted molar refractivity (Wildman–Crippen MR) is 177 cm³/mol. The number of nitrogens with one attached hydrogen (secondary N) is 1. The van der Waals surface area contributed by atoms with Crippen LogP contribution in [0.15, 0.2) is 87.8 Å². The molecule has 1 amide bonds. The number of carbonyl (C=O) groups excluding carboxylic acids is 1. The Labute approximate surface area is 265 Å². The molecular formula is C34H32FN5O5S. The lowest BCUT2D eigenvalue weighted by Crippen LogP contribution is -2.33. The first kappa shape index (κ1) is 30.9. The second kappa shape index (κ2) is 12.4. The van der Waals surface area contributed by atoms with Crippen molar-refractivity contribution in [2.75, 3.05) is 44.8 Å². The zero-order valence-corrected chi connectivity index (χ0v) is 26.6. The van der Waals surface area contributed by atoms with Gasteiger partial charge in [-0.25, -0.2) is 17.8 Å². The van der Waals surface area contributed by atoms with Gasteiger partial charge in [-0.2, -0.15) is 4.98 Å². The van der Waals surface area contributed by atoms with Gasteiger partial charge in [0.15, 0.2) is 11.2 Å². The summed E-state index contributed by atoms with van der Waals surface area (Å²) in [5.41, 5.74) is 4.31. The fraction of sp³-hybridized carbons (Fsp3) is 0.206. The van der Waals surface area contributed by atoms with Crippen molar-refractivity contribution in [1.82, 2.24) is 20.2 Å². The second-order valence-electron chi connectivity index (χ2n) is 11.2. The molecule has 6 rings (SSSR count). The van der Waals surface area contributed by atoms with Crippen molar-refractivity contribution in [3.05, 3.63) is 90.4 Å². The molecule has 0 saturated heterocycles. The number of carbonyl (C=O) groups is 1. The summed E-state index contributed by atoms with van der Waals surface area (Å²) in [7, 11) is 1.60. The first-order valence-corrected chi connectivity index (χ1v) is 16.4. The average Bonchev–Trinajstić information content (AvgIpc) is 3.64. The maximum absolute atomic E-state index is 13.8. The van der Waals surface area contributed by atoms with E-state index in [1.54, 1.807) is 30.5 Å². The highest BCUT2D eigenvalue weighted by Crippen LogP contribution is 2.42. The number of oxazole rings is 1. The highest BCUT2D eigenvalue weighted by atomic mass is 32.2. The van der Waals surface area contributed by atoms with Gasteiger partial charge in [0, 0.05) is 47.9 Å². The second-order valence-corrected chi connectivity index (χ2v) is 13.1. The summed E-state index contributed by atoms with van der Waals surface area (Å²) in [6.45, 7) is 0.876. The summed E-state index contributed by atoms with van der Waals surface area (Å²) in [6.07, 6.45) is 3.37. The van der Waals surface area contributed by atoms with Crippen molar-refractivity contribution < 1.29 is 26.4 Å². The summed E-state index contributed by atoms with van der Waals surface area (Å²) in [5.74, 6) is -0.238. The summed E-state index contributed by atoms with van der Waals surface area (Å²) >= 11 is 0. The van der Waals surface area contributed by atoms with E-state index in [9.17, 15) is 17.6 Å². The van der Waals surface area contributed by atoms with E-state index in [0.29, 0.717) is 69.0 Å². The van der Waals surface area contributed by atoms with Crippen molar-refractivity contribution in [3.8, 4) is 33.9 Å². The average molecular weight is 642 g/mol. The Morgan fingerprint density at radius 3 is 2.37 bits per heavy atom. The molecule has 236 valence electrons. The van der Waals surface area contributed by atoms with E-state index in [-0.39, 0.29) is 17.9 Å². The summed E-state index contributed by atoms with van der Waals surface area (Å²) in [6, 6.07) is 20.0. The number of hydrogen-bond donors (Lipinski definition) is 1. The van der Waals surface area contributed by atoms with Crippen LogP contribution in [0.4, 0.5) is 10.1 Å². The van der Waals surface area contributed by atoms with Crippen LogP contribution in [0, 0.1) is 5.82 Å². The fourth-order valence-corrected chi connectivity index (χ4v) is 6.40. The molecule has 0 saturated carbocycles. The highest BCUT2D eigenvalue weighted by Gasteiger charge is 2.27. The number of aromatic nitrogens is 2. The number of benzene rings is 3. The van der Waals surface area contributed by atoms with Crippen LogP contribution < -0.4 is 9.62 Å². The van der Waals surface area contributed by atoms with Crippen LogP contribution in [0.5, 0.6) is 0 Å². The Balaban J connectivity index is 1.60. The third-order valence-electron chi connectivity index (χ3n) is 7.59. The van der Waals surface area contributed by atoms with Crippen LogP contribution >= 0.6 is 0 Å². The topological polar surface area (TPSA) is 122 Å². The maximum atomic E-state index is 13.8. The molecule has 0 spiro atoms. The number of halogens is 1. The molecule has 0 radical (unpaired) electrons. The predicted octanol–water partition coefficient (Wildman–Crippen LogP) is 6.19. The van der Waals surface area contributed by atoms with E-state index >= 15 is 0 Å². The van der Waals surface area contributed by atoms with Gasteiger partial charge < -0.3 is 19.1 Å². The Morgan fingerprint density at radius 2 is 1.67 bits per heavy atom. The molecule has 0 bridgehead atoms. The van der Waals surface area contributed by atoms with Gasteiger partial charge >= 0.3 is 0 Å². The third kappa shape index (κ3) is 6.09. The van der Waals surface area contributed by atoms with Crippen molar-refractivity contribution in [2.45, 2.75) is 6.42 Å². The van der Waals surface area contributed by atoms with Gasteiger partial charge in [-0.3, -0.25) is 9.10 Å². The number of furan rings is 1. The van der Waals surface area contributed by atoms with Gasteiger partial charge in [0.2, 0.25) is 15.9 Å². The number of rotatable bonds is 10. The number of nitrogens with zero attached hydrogens (tertiary/aromatic N) is 4. The number of pyridine rings is 1. The van der Waals surface area contributed by atoms with Crippen molar-refractivity contribution in [3.63, 3.8) is 0 Å². The molecule has 3 aromatic heterocycles. The van der Waals surface area contributed by atoms with Crippen LogP contribution in [0.1, 0.15) is 16.8 Å². The number of fused-ring (bicyclic) bond motifs is 2. The summed E-state index contributed by atoms with van der Waals surface area (Å²) in [5, 5.41) is 3.14. The van der Waals surface area contributed by atoms with Crippen LogP contribution in [-0.4, -0.2) is 69.7 Å². The Hall–Kier alpha value is -5.07. The van der Waals surface area contributed by atoms with Gasteiger partial charge in [-0.1, -0.05) is 12.1 Å². The molecule has 46 heavy (non-hydrogen) atoms. The first-order valence-electron chi connectivity index (χ1n) is 14.6. The fourth-order valence-electron chi connectivity index (χ4n) is 5.43. The Bertz CT molecular complexity index is 2140. The zero-order chi connectivity index (χ0) is 32.6. The van der Waals surface area contributed by atoms with Crippen molar-refractivity contribution in [2.24, 2.45) is 0 Å². The minimum Gasteiger partial charge on any atom is -0.455 e. The van der Waals surface area contributed by atoms with Crippen LogP contribution in [0.3, 0.4) is 0 Å². The van der Waals surface area contributed by atoms with E-state index < -0.39 is 21.7 Å².